The van der Waals surface area contributed by atoms with Gasteiger partial charge in [-0.25, -0.2) is 8.78 Å². The summed E-state index contributed by atoms with van der Waals surface area (Å²) in [6, 6.07) is 2.66. The van der Waals surface area contributed by atoms with E-state index in [0.717, 1.165) is 23.0 Å². The lowest BCUT2D eigenvalue weighted by Gasteiger charge is -2.27. The fraction of sp³-hybridized carbons (Fsp3) is 0.500. The summed E-state index contributed by atoms with van der Waals surface area (Å²) >= 11 is 0. The van der Waals surface area contributed by atoms with Gasteiger partial charge in [0.2, 0.25) is 41.4 Å². The number of carbonyl (C=O) groups excluding carboxylic acids is 9. The minimum absolute atomic E-state index is 0.00824. The van der Waals surface area contributed by atoms with E-state index < -0.39 is 126 Å². The lowest BCUT2D eigenvalue weighted by molar-refractivity contribution is -0.135. The van der Waals surface area contributed by atoms with Gasteiger partial charge in [0.15, 0.2) is 17.7 Å². The first-order chi connectivity index (χ1) is 36.1. The molecule has 0 radical (unpaired) electrons. The Hall–Kier alpha value is -8.03. The number of carbonyl (C=O) groups is 9. The van der Waals surface area contributed by atoms with Crippen molar-refractivity contribution in [1.29, 1.82) is 0 Å². The van der Waals surface area contributed by atoms with Crippen molar-refractivity contribution in [1.82, 2.24) is 36.9 Å². The molecule has 1 saturated heterocycles. The number of rotatable bonds is 18. The molecule has 1 aliphatic rings. The Morgan fingerprint density at radius 2 is 1.42 bits per heavy atom. The van der Waals surface area contributed by atoms with Gasteiger partial charge in [-0.1, -0.05) is 18.2 Å². The molecule has 7 atom stereocenters. The summed E-state index contributed by atoms with van der Waals surface area (Å²) in [6.45, 7) is 1.07. The standard InChI is InChI=1S/C50H71F2N15O9/c1-27(68)63-37(11-6-18-61-50(57)58)46(74)65-38-12-13-43(71)59-16-5-10-36(44(54)72)64-45(73)30(22-31-26-62-35-9-3-2-8-34(31)35)24-41(69)29(7-4-17-60-49(55)56)23-42(70)40(21-28-19-32(51)25-33(52)20-28)67-48(76)39(14-15-53)66-47(38)75/h2-3,8-9,19-20,25-26,29-30,36-40,62H,4-7,10-18,21-24,53H2,1H3,(H2,54,72)(H,59,71)(H,63,68)(H,64,73)(H,65,74)(H,66,75)(H,67,76)(H4,55,56,60)(H4,57,58,61)/t29-,30-,36+,37+,38+,39+,40-/m1/s1. The molecular formula is C50H71F2N15O9. The zero-order valence-corrected chi connectivity index (χ0v) is 42.5. The van der Waals surface area contributed by atoms with E-state index >= 15 is 0 Å². The number of H-pyrrole nitrogens is 1. The Morgan fingerprint density at radius 1 is 0.763 bits per heavy atom. The molecule has 1 fully saturated rings. The molecular weight excluding hydrogens is 993 g/mol. The van der Waals surface area contributed by atoms with Crippen molar-refractivity contribution < 1.29 is 51.9 Å². The number of aromatic nitrogens is 1. The molecule has 2 aromatic carbocycles. The normalized spacial score (nSPS) is 21.2. The molecule has 414 valence electrons. The number of ketones is 2. The smallest absolute Gasteiger partial charge is 0.243 e. The lowest BCUT2D eigenvalue weighted by Crippen LogP contribution is -2.58. The minimum atomic E-state index is -1.60. The number of amides is 7. The van der Waals surface area contributed by atoms with Gasteiger partial charge in [0.1, 0.15) is 41.6 Å². The number of benzene rings is 2. The third-order valence-electron chi connectivity index (χ3n) is 12.6. The zero-order valence-electron chi connectivity index (χ0n) is 42.5. The van der Waals surface area contributed by atoms with E-state index in [-0.39, 0.29) is 108 Å². The predicted molar refractivity (Wildman–Crippen MR) is 278 cm³/mol. The molecule has 7 amide bonds. The average Bonchev–Trinajstić information content (AvgIpc) is 3.76. The Bertz CT molecular complexity index is 2580. The van der Waals surface area contributed by atoms with Crippen molar-refractivity contribution in [3.05, 3.63) is 71.4 Å². The van der Waals surface area contributed by atoms with Crippen LogP contribution in [0.3, 0.4) is 0 Å². The van der Waals surface area contributed by atoms with Gasteiger partial charge in [-0.15, -0.1) is 0 Å². The second kappa shape index (κ2) is 30.4. The first kappa shape index (κ1) is 60.5. The Morgan fingerprint density at radius 3 is 2.08 bits per heavy atom. The summed E-state index contributed by atoms with van der Waals surface area (Å²) in [7, 11) is 0. The van der Waals surface area contributed by atoms with E-state index in [9.17, 15) is 51.9 Å². The largest absolute Gasteiger partial charge is 0.370 e. The quantitative estimate of drug-likeness (QED) is 0.0390. The maximum absolute atomic E-state index is 14.7. The summed E-state index contributed by atoms with van der Waals surface area (Å²) < 4.78 is 29.3. The zero-order chi connectivity index (χ0) is 55.9. The molecule has 1 aromatic heterocycles. The average molecular weight is 1060 g/mol. The Labute approximate surface area is 437 Å². The fourth-order valence-electron chi connectivity index (χ4n) is 8.76. The van der Waals surface area contributed by atoms with Crippen LogP contribution in [0.5, 0.6) is 0 Å². The monoisotopic (exact) mass is 1060 g/mol. The highest BCUT2D eigenvalue weighted by Gasteiger charge is 2.35. The van der Waals surface area contributed by atoms with Crippen LogP contribution in [0.25, 0.3) is 10.9 Å². The lowest BCUT2D eigenvalue weighted by atomic mass is 9.83. The third kappa shape index (κ3) is 20.4. The first-order valence-electron chi connectivity index (χ1n) is 25.0. The molecule has 4 rings (SSSR count). The first-order valence-corrected chi connectivity index (χ1v) is 25.0. The summed E-state index contributed by atoms with van der Waals surface area (Å²) in [6.07, 6.45) is -0.369. The van der Waals surface area contributed by atoms with Crippen LogP contribution in [0.2, 0.25) is 0 Å². The minimum Gasteiger partial charge on any atom is -0.370 e. The van der Waals surface area contributed by atoms with E-state index in [1.54, 1.807) is 12.3 Å². The van der Waals surface area contributed by atoms with Gasteiger partial charge in [0.05, 0.1) is 6.04 Å². The van der Waals surface area contributed by atoms with E-state index in [1.807, 2.05) is 18.2 Å². The maximum atomic E-state index is 14.7. The second-order valence-corrected chi connectivity index (χ2v) is 18.7. The summed E-state index contributed by atoms with van der Waals surface area (Å²) in [5.41, 5.74) is 35.0. The van der Waals surface area contributed by atoms with E-state index in [0.29, 0.717) is 11.6 Å². The summed E-state index contributed by atoms with van der Waals surface area (Å²) in [5.74, 6) is -11.6. The van der Waals surface area contributed by atoms with Crippen molar-refractivity contribution in [2.24, 2.45) is 56.2 Å². The number of guanidine groups is 2. The van der Waals surface area contributed by atoms with Crippen LogP contribution in [-0.2, 0) is 56.0 Å². The molecule has 0 unspecified atom stereocenters. The van der Waals surface area contributed by atoms with Gasteiger partial charge in [-0.05, 0) is 100 Å². The Balaban J connectivity index is 1.79. The number of halogens is 2. The number of fused-ring (bicyclic) bond motifs is 1. The van der Waals surface area contributed by atoms with Crippen LogP contribution in [0.1, 0.15) is 88.7 Å². The van der Waals surface area contributed by atoms with Crippen LogP contribution >= 0.6 is 0 Å². The van der Waals surface area contributed by atoms with Crippen LogP contribution in [0.15, 0.2) is 58.6 Å². The van der Waals surface area contributed by atoms with Gasteiger partial charge < -0.3 is 71.3 Å². The second-order valence-electron chi connectivity index (χ2n) is 18.7. The fourth-order valence-corrected chi connectivity index (χ4v) is 8.76. The molecule has 0 saturated carbocycles. The highest BCUT2D eigenvalue weighted by Crippen LogP contribution is 2.26. The number of hydrogen-bond donors (Lipinski definition) is 13. The molecule has 0 spiro atoms. The Kier molecular flexibility index (Phi) is 24.2. The number of nitrogens with two attached hydrogens (primary N) is 6. The van der Waals surface area contributed by atoms with Gasteiger partial charge in [-0.3, -0.25) is 53.1 Å². The molecule has 2 heterocycles. The number of para-hydroxylation sites is 1. The molecule has 0 aliphatic carbocycles. The number of aliphatic imine (C=N–C) groups is 2. The van der Waals surface area contributed by atoms with Gasteiger partial charge >= 0.3 is 0 Å². The highest BCUT2D eigenvalue weighted by atomic mass is 19.1. The van der Waals surface area contributed by atoms with E-state index in [4.69, 9.17) is 34.4 Å². The van der Waals surface area contributed by atoms with Gasteiger partial charge in [-0.2, -0.15) is 0 Å². The number of Topliss-reactive ketones (excluding diaryl/α,β-unsaturated/α-hetero) is 2. The molecule has 76 heavy (non-hydrogen) atoms. The van der Waals surface area contributed by atoms with Crippen LogP contribution in [-0.4, -0.2) is 126 Å². The molecule has 24 nitrogen and oxygen atoms in total. The third-order valence-corrected chi connectivity index (χ3v) is 12.6. The van der Waals surface area contributed by atoms with Crippen LogP contribution in [0.4, 0.5) is 8.78 Å². The molecule has 19 N–H and O–H groups in total. The number of aromatic amines is 1. The number of nitrogens with one attached hydrogen (secondary N) is 7. The summed E-state index contributed by atoms with van der Waals surface area (Å²) in [5, 5.41) is 16.3. The van der Waals surface area contributed by atoms with Crippen molar-refractivity contribution in [3.8, 4) is 0 Å². The van der Waals surface area contributed by atoms with E-state index in [1.165, 1.54) is 6.92 Å². The molecule has 26 heteroatoms. The molecule has 1 aliphatic heterocycles. The van der Waals surface area contributed by atoms with Crippen molar-refractivity contribution in [2.45, 2.75) is 121 Å². The van der Waals surface area contributed by atoms with Gasteiger partial charge in [0, 0.05) is 80.8 Å². The summed E-state index contributed by atoms with van der Waals surface area (Å²) in [4.78, 5) is 135. The van der Waals surface area contributed by atoms with Crippen LogP contribution in [0, 0.1) is 23.5 Å². The van der Waals surface area contributed by atoms with Crippen molar-refractivity contribution >= 4 is 75.7 Å². The molecule has 0 bridgehead atoms. The van der Waals surface area contributed by atoms with E-state index in [2.05, 4.69) is 46.9 Å². The highest BCUT2D eigenvalue weighted by molar-refractivity contribution is 5.98. The van der Waals surface area contributed by atoms with Crippen LogP contribution < -0.4 is 66.3 Å². The predicted octanol–water partition coefficient (Wildman–Crippen LogP) is -1.54. The van der Waals surface area contributed by atoms with Crippen molar-refractivity contribution in [2.75, 3.05) is 26.2 Å². The topological polar surface area (TPSA) is 422 Å². The SMILES string of the molecule is CC(=O)N[C@@H](CCCN=C(N)N)C(=O)N[C@H]1CCC(=O)NCCC[C@@H](C(N)=O)NC(=O)[C@H](Cc2c[nH]c3ccccc23)CC(=O)[C@H](CCCN=C(N)N)CC(=O)[C@@H](Cc2cc(F)cc(F)c2)NC(=O)[C@H](CCN)NC1=O. The van der Waals surface area contributed by atoms with Gasteiger partial charge in [0.25, 0.3) is 0 Å². The number of nitrogens with zero attached hydrogens (tertiary/aromatic N) is 2. The number of primary amides is 1. The van der Waals surface area contributed by atoms with Crippen molar-refractivity contribution in [3.63, 3.8) is 0 Å². The number of hydrogen-bond acceptors (Lipinski definition) is 12. The maximum Gasteiger partial charge on any atom is 0.243 e. The molecule has 3 aromatic rings.